The standard InChI is InChI=1S/C16H18N2O3/c1-3-11-17-14-5-4-6-15(16(14)18(19)20)21-13-9-7-12(2)8-10-13/h4-10,17H,3,11H2,1-2H3. The monoisotopic (exact) mass is 286 g/mol. The number of anilines is 1. The molecule has 0 heterocycles. The number of aryl methyl sites for hydroxylation is 1. The van der Waals surface area contributed by atoms with Crippen LogP contribution in [0.25, 0.3) is 0 Å². The van der Waals surface area contributed by atoms with Gasteiger partial charge in [-0.3, -0.25) is 10.1 Å². The molecule has 0 saturated carbocycles. The Morgan fingerprint density at radius 3 is 2.52 bits per heavy atom. The van der Waals surface area contributed by atoms with Gasteiger partial charge >= 0.3 is 5.69 Å². The fourth-order valence-electron chi connectivity index (χ4n) is 1.93. The summed E-state index contributed by atoms with van der Waals surface area (Å²) in [6, 6.07) is 12.4. The van der Waals surface area contributed by atoms with Crippen LogP contribution >= 0.6 is 0 Å². The van der Waals surface area contributed by atoms with Crippen molar-refractivity contribution < 1.29 is 9.66 Å². The second kappa shape index (κ2) is 6.74. The van der Waals surface area contributed by atoms with Crippen LogP contribution in [0.5, 0.6) is 11.5 Å². The Morgan fingerprint density at radius 2 is 1.90 bits per heavy atom. The molecule has 110 valence electrons. The van der Waals surface area contributed by atoms with E-state index in [0.717, 1.165) is 12.0 Å². The second-order valence-corrected chi connectivity index (χ2v) is 4.75. The molecule has 1 N–H and O–H groups in total. The van der Waals surface area contributed by atoms with Gasteiger partial charge in [-0.25, -0.2) is 0 Å². The number of hydrogen-bond acceptors (Lipinski definition) is 4. The van der Waals surface area contributed by atoms with E-state index < -0.39 is 4.92 Å². The van der Waals surface area contributed by atoms with Gasteiger partial charge in [0.25, 0.3) is 0 Å². The van der Waals surface area contributed by atoms with Crippen LogP contribution in [0.3, 0.4) is 0 Å². The summed E-state index contributed by atoms with van der Waals surface area (Å²) in [4.78, 5) is 10.9. The average molecular weight is 286 g/mol. The zero-order valence-corrected chi connectivity index (χ0v) is 12.1. The number of ether oxygens (including phenoxy) is 1. The first kappa shape index (κ1) is 14.8. The number of nitro groups is 1. The van der Waals surface area contributed by atoms with Crippen molar-refractivity contribution in [3.05, 3.63) is 58.1 Å². The molecular formula is C16H18N2O3. The molecule has 0 aliphatic carbocycles. The maximum absolute atomic E-state index is 11.3. The van der Waals surface area contributed by atoms with Gasteiger partial charge in [-0.05, 0) is 37.6 Å². The molecule has 21 heavy (non-hydrogen) atoms. The number of para-hydroxylation sites is 1. The first-order chi connectivity index (χ1) is 10.1. The van der Waals surface area contributed by atoms with Crippen LogP contribution in [0.15, 0.2) is 42.5 Å². The van der Waals surface area contributed by atoms with Crippen molar-refractivity contribution in [2.45, 2.75) is 20.3 Å². The zero-order valence-electron chi connectivity index (χ0n) is 12.1. The van der Waals surface area contributed by atoms with Crippen molar-refractivity contribution in [2.24, 2.45) is 0 Å². The second-order valence-electron chi connectivity index (χ2n) is 4.75. The van der Waals surface area contributed by atoms with Gasteiger partial charge in [-0.1, -0.05) is 30.7 Å². The summed E-state index contributed by atoms with van der Waals surface area (Å²) in [7, 11) is 0. The molecule has 5 nitrogen and oxygen atoms in total. The predicted molar refractivity (Wildman–Crippen MR) is 83.1 cm³/mol. The number of hydrogen-bond donors (Lipinski definition) is 1. The first-order valence-electron chi connectivity index (χ1n) is 6.87. The van der Waals surface area contributed by atoms with Crippen LogP contribution < -0.4 is 10.1 Å². The highest BCUT2D eigenvalue weighted by atomic mass is 16.6. The maximum Gasteiger partial charge on any atom is 0.334 e. The minimum absolute atomic E-state index is 0.0356. The molecule has 0 radical (unpaired) electrons. The van der Waals surface area contributed by atoms with Crippen molar-refractivity contribution in [3.8, 4) is 11.5 Å². The summed E-state index contributed by atoms with van der Waals surface area (Å²) >= 11 is 0. The molecule has 0 fully saturated rings. The van der Waals surface area contributed by atoms with E-state index in [1.165, 1.54) is 0 Å². The van der Waals surface area contributed by atoms with Crippen molar-refractivity contribution in [1.82, 2.24) is 0 Å². The van der Waals surface area contributed by atoms with Gasteiger partial charge < -0.3 is 10.1 Å². The minimum Gasteiger partial charge on any atom is -0.450 e. The van der Waals surface area contributed by atoms with E-state index in [-0.39, 0.29) is 11.4 Å². The third kappa shape index (κ3) is 3.72. The smallest absolute Gasteiger partial charge is 0.334 e. The van der Waals surface area contributed by atoms with Gasteiger partial charge in [-0.2, -0.15) is 0 Å². The number of nitrogens with one attached hydrogen (secondary N) is 1. The topological polar surface area (TPSA) is 64.4 Å². The third-order valence-electron chi connectivity index (χ3n) is 3.00. The highest BCUT2D eigenvalue weighted by Crippen LogP contribution is 2.37. The summed E-state index contributed by atoms with van der Waals surface area (Å²) in [5.41, 5.74) is 1.55. The maximum atomic E-state index is 11.3. The fraction of sp³-hybridized carbons (Fsp3) is 0.250. The number of rotatable bonds is 6. The van der Waals surface area contributed by atoms with Crippen LogP contribution in [-0.4, -0.2) is 11.5 Å². The minimum atomic E-state index is -0.415. The average Bonchev–Trinajstić information content (AvgIpc) is 2.47. The highest BCUT2D eigenvalue weighted by molar-refractivity contribution is 5.69. The Kier molecular flexibility index (Phi) is 4.77. The molecule has 0 spiro atoms. The van der Waals surface area contributed by atoms with Crippen LogP contribution in [0.4, 0.5) is 11.4 Å². The van der Waals surface area contributed by atoms with Gasteiger partial charge in [-0.15, -0.1) is 0 Å². The zero-order chi connectivity index (χ0) is 15.2. The van der Waals surface area contributed by atoms with Crippen LogP contribution in [0.1, 0.15) is 18.9 Å². The molecule has 0 aliphatic heterocycles. The molecule has 2 rings (SSSR count). The van der Waals surface area contributed by atoms with Crippen molar-refractivity contribution >= 4 is 11.4 Å². The number of benzene rings is 2. The Balaban J connectivity index is 2.33. The SMILES string of the molecule is CCCNc1cccc(Oc2ccc(C)cc2)c1[N+](=O)[O-]. The van der Waals surface area contributed by atoms with E-state index in [1.54, 1.807) is 30.3 Å². The Hall–Kier alpha value is -2.56. The summed E-state index contributed by atoms with van der Waals surface area (Å²) in [6.45, 7) is 4.65. The molecule has 0 unspecified atom stereocenters. The first-order valence-corrected chi connectivity index (χ1v) is 6.87. The van der Waals surface area contributed by atoms with Crippen LogP contribution in [-0.2, 0) is 0 Å². The van der Waals surface area contributed by atoms with Gasteiger partial charge in [0.15, 0.2) is 0 Å². The normalized spacial score (nSPS) is 10.2. The van der Waals surface area contributed by atoms with Gasteiger partial charge in [0.05, 0.1) is 4.92 Å². The van der Waals surface area contributed by atoms with Gasteiger partial charge in [0.1, 0.15) is 11.4 Å². The van der Waals surface area contributed by atoms with E-state index >= 15 is 0 Å². The largest absolute Gasteiger partial charge is 0.450 e. The molecule has 0 aromatic heterocycles. The van der Waals surface area contributed by atoms with E-state index in [9.17, 15) is 10.1 Å². The summed E-state index contributed by atoms with van der Waals surface area (Å²) in [6.07, 6.45) is 0.889. The molecule has 0 atom stereocenters. The molecule has 2 aromatic rings. The Labute approximate surface area is 123 Å². The van der Waals surface area contributed by atoms with Crippen molar-refractivity contribution in [1.29, 1.82) is 0 Å². The van der Waals surface area contributed by atoms with E-state index in [1.807, 2.05) is 26.0 Å². The summed E-state index contributed by atoms with van der Waals surface area (Å²) < 4.78 is 5.66. The lowest BCUT2D eigenvalue weighted by molar-refractivity contribution is -0.384. The van der Waals surface area contributed by atoms with Crippen LogP contribution in [0.2, 0.25) is 0 Å². The van der Waals surface area contributed by atoms with Crippen molar-refractivity contribution in [2.75, 3.05) is 11.9 Å². The fourth-order valence-corrected chi connectivity index (χ4v) is 1.93. The molecule has 0 amide bonds. The molecule has 5 heteroatoms. The number of nitro benzene ring substituents is 1. The Bertz CT molecular complexity index is 624. The summed E-state index contributed by atoms with van der Waals surface area (Å²) in [5.74, 6) is 0.821. The van der Waals surface area contributed by atoms with E-state index in [0.29, 0.717) is 18.0 Å². The van der Waals surface area contributed by atoms with E-state index in [2.05, 4.69) is 5.32 Å². The van der Waals surface area contributed by atoms with E-state index in [4.69, 9.17) is 4.74 Å². The quantitative estimate of drug-likeness (QED) is 0.626. The Morgan fingerprint density at radius 1 is 1.19 bits per heavy atom. The van der Waals surface area contributed by atoms with Crippen molar-refractivity contribution in [3.63, 3.8) is 0 Å². The summed E-state index contributed by atoms with van der Waals surface area (Å²) in [5, 5.41) is 14.4. The molecule has 0 bridgehead atoms. The lowest BCUT2D eigenvalue weighted by Crippen LogP contribution is -2.04. The van der Waals surface area contributed by atoms with Gasteiger partial charge in [0.2, 0.25) is 5.75 Å². The predicted octanol–water partition coefficient (Wildman–Crippen LogP) is 4.52. The van der Waals surface area contributed by atoms with Crippen LogP contribution in [0, 0.1) is 17.0 Å². The lowest BCUT2D eigenvalue weighted by atomic mass is 10.2. The molecule has 2 aromatic carbocycles. The highest BCUT2D eigenvalue weighted by Gasteiger charge is 2.21. The number of nitrogens with zero attached hydrogens (tertiary/aromatic N) is 1. The molecule has 0 aliphatic rings. The lowest BCUT2D eigenvalue weighted by Gasteiger charge is -2.10. The third-order valence-corrected chi connectivity index (χ3v) is 3.00. The molecule has 0 saturated heterocycles. The molecular weight excluding hydrogens is 268 g/mol. The van der Waals surface area contributed by atoms with Gasteiger partial charge in [0, 0.05) is 6.54 Å².